The van der Waals surface area contributed by atoms with Crippen molar-refractivity contribution in [3.63, 3.8) is 0 Å². The van der Waals surface area contributed by atoms with E-state index in [2.05, 4.69) is 5.32 Å². The maximum Gasteiger partial charge on any atom is 0.397 e. The summed E-state index contributed by atoms with van der Waals surface area (Å²) in [6, 6.07) is 0. The lowest BCUT2D eigenvalue weighted by Crippen LogP contribution is -2.29. The number of amides is 1. The number of alkyl halides is 3. The van der Waals surface area contributed by atoms with Crippen molar-refractivity contribution in [3.8, 4) is 0 Å². The van der Waals surface area contributed by atoms with Crippen LogP contribution in [0, 0.1) is 0 Å². The number of nitrogens with one attached hydrogen (secondary N) is 1. The number of hydrogen-bond donors (Lipinski definition) is 2. The summed E-state index contributed by atoms with van der Waals surface area (Å²) < 4.78 is 40.0. The number of hydrogen-bond acceptors (Lipinski definition) is 3. The van der Waals surface area contributed by atoms with Gasteiger partial charge in [-0.25, -0.2) is 0 Å². The van der Waals surface area contributed by atoms with Gasteiger partial charge in [0, 0.05) is 19.7 Å². The second-order valence-corrected chi connectivity index (χ2v) is 2.90. The molecular weight excluding hydrogens is 213 g/mol. The van der Waals surface area contributed by atoms with Crippen LogP contribution in [-0.2, 0) is 9.53 Å². The molecule has 0 fully saturated rings. The van der Waals surface area contributed by atoms with Gasteiger partial charge in [0.05, 0.1) is 6.61 Å². The van der Waals surface area contributed by atoms with Crippen LogP contribution < -0.4 is 11.1 Å². The molecule has 0 aromatic rings. The molecule has 0 saturated carbocycles. The number of rotatable bonds is 7. The van der Waals surface area contributed by atoms with E-state index in [9.17, 15) is 18.0 Å². The minimum absolute atomic E-state index is 0.180. The van der Waals surface area contributed by atoms with Crippen LogP contribution >= 0.6 is 0 Å². The highest BCUT2D eigenvalue weighted by atomic mass is 19.4. The summed E-state index contributed by atoms with van der Waals surface area (Å²) in [6.07, 6.45) is -5.40. The monoisotopic (exact) mass is 228 g/mol. The Kier molecular flexibility index (Phi) is 7.06. The van der Waals surface area contributed by atoms with E-state index in [-0.39, 0.29) is 6.54 Å². The van der Waals surface area contributed by atoms with E-state index >= 15 is 0 Å². The van der Waals surface area contributed by atoms with Crippen molar-refractivity contribution in [1.82, 2.24) is 5.32 Å². The smallest absolute Gasteiger partial charge is 0.380 e. The summed E-state index contributed by atoms with van der Waals surface area (Å²) in [5, 5.41) is 2.15. The lowest BCUT2D eigenvalue weighted by Gasteiger charge is -2.07. The molecule has 0 aromatic carbocycles. The van der Waals surface area contributed by atoms with Gasteiger partial charge < -0.3 is 15.8 Å². The number of carbonyl (C=O) groups is 1. The van der Waals surface area contributed by atoms with E-state index in [1.807, 2.05) is 0 Å². The van der Waals surface area contributed by atoms with Crippen molar-refractivity contribution in [2.24, 2.45) is 5.73 Å². The second-order valence-electron chi connectivity index (χ2n) is 2.90. The molecule has 0 spiro atoms. The quantitative estimate of drug-likeness (QED) is 0.621. The third kappa shape index (κ3) is 11.1. The minimum Gasteiger partial charge on any atom is -0.380 e. The third-order valence-electron chi connectivity index (χ3n) is 1.41. The molecule has 0 radical (unpaired) electrons. The van der Waals surface area contributed by atoms with Crippen LogP contribution in [0.15, 0.2) is 0 Å². The van der Waals surface area contributed by atoms with E-state index in [0.29, 0.717) is 26.2 Å². The normalized spacial score (nSPS) is 11.5. The van der Waals surface area contributed by atoms with Crippen LogP contribution in [0.2, 0.25) is 0 Å². The third-order valence-corrected chi connectivity index (χ3v) is 1.41. The lowest BCUT2D eigenvalue weighted by atomic mass is 10.3. The van der Waals surface area contributed by atoms with Gasteiger partial charge >= 0.3 is 6.18 Å². The predicted octanol–water partition coefficient (Wildman–Crippen LogP) is 0.420. The number of ether oxygens (including phenoxy) is 1. The highest BCUT2D eigenvalue weighted by molar-refractivity contribution is 5.76. The molecule has 0 aliphatic rings. The van der Waals surface area contributed by atoms with Crippen LogP contribution in [-0.4, -0.2) is 38.4 Å². The predicted molar refractivity (Wildman–Crippen MR) is 48.2 cm³/mol. The minimum atomic E-state index is -4.44. The van der Waals surface area contributed by atoms with Crippen molar-refractivity contribution in [3.05, 3.63) is 0 Å². The first-order chi connectivity index (χ1) is 6.95. The largest absolute Gasteiger partial charge is 0.397 e. The molecule has 0 saturated heterocycles. The molecule has 15 heavy (non-hydrogen) atoms. The summed E-state index contributed by atoms with van der Waals surface area (Å²) in [7, 11) is 0. The van der Waals surface area contributed by atoms with E-state index in [4.69, 9.17) is 10.5 Å². The van der Waals surface area contributed by atoms with Crippen molar-refractivity contribution in [1.29, 1.82) is 0 Å². The maximum absolute atomic E-state index is 11.7. The van der Waals surface area contributed by atoms with E-state index in [1.165, 1.54) is 0 Å². The average Bonchev–Trinajstić information content (AvgIpc) is 2.08. The average molecular weight is 228 g/mol. The van der Waals surface area contributed by atoms with E-state index in [1.54, 1.807) is 0 Å². The summed E-state index contributed by atoms with van der Waals surface area (Å²) in [5.74, 6) is -1.01. The SMILES string of the molecule is NCCOCCCNC(=O)CC(F)(F)F. The van der Waals surface area contributed by atoms with Crippen molar-refractivity contribution in [2.75, 3.05) is 26.3 Å². The summed E-state index contributed by atoms with van der Waals surface area (Å²) >= 11 is 0. The molecule has 0 bridgehead atoms. The Morgan fingerprint density at radius 2 is 2.00 bits per heavy atom. The standard InChI is InChI=1S/C8H15F3N2O2/c9-8(10,11)6-7(14)13-3-1-4-15-5-2-12/h1-6,12H2,(H,13,14). The van der Waals surface area contributed by atoms with E-state index in [0.717, 1.165) is 0 Å². The van der Waals surface area contributed by atoms with Crippen LogP contribution in [0.1, 0.15) is 12.8 Å². The molecule has 3 N–H and O–H groups in total. The fourth-order valence-electron chi connectivity index (χ4n) is 0.832. The molecule has 90 valence electrons. The molecule has 0 atom stereocenters. The van der Waals surface area contributed by atoms with Crippen LogP contribution in [0.25, 0.3) is 0 Å². The van der Waals surface area contributed by atoms with Crippen LogP contribution in [0.3, 0.4) is 0 Å². The van der Waals surface area contributed by atoms with Crippen LogP contribution in [0.5, 0.6) is 0 Å². The first kappa shape index (κ1) is 14.2. The highest BCUT2D eigenvalue weighted by Gasteiger charge is 2.30. The van der Waals surface area contributed by atoms with E-state index < -0.39 is 18.5 Å². The van der Waals surface area contributed by atoms with Gasteiger partial charge in [0.1, 0.15) is 6.42 Å². The van der Waals surface area contributed by atoms with Gasteiger partial charge in [-0.1, -0.05) is 0 Å². The number of halogens is 3. The zero-order valence-corrected chi connectivity index (χ0v) is 8.27. The first-order valence-electron chi connectivity index (χ1n) is 4.57. The van der Waals surface area contributed by atoms with Gasteiger partial charge in [0.15, 0.2) is 0 Å². The summed E-state index contributed by atoms with van der Waals surface area (Å²) in [5.41, 5.74) is 5.14. The zero-order valence-electron chi connectivity index (χ0n) is 8.27. The van der Waals surface area contributed by atoms with Gasteiger partial charge in [-0.15, -0.1) is 0 Å². The molecule has 0 rings (SSSR count). The Hall–Kier alpha value is -0.820. The lowest BCUT2D eigenvalue weighted by molar-refractivity contribution is -0.153. The first-order valence-corrected chi connectivity index (χ1v) is 4.57. The van der Waals surface area contributed by atoms with Crippen molar-refractivity contribution < 1.29 is 22.7 Å². The Labute approximate surface area is 86.0 Å². The molecule has 0 heterocycles. The van der Waals surface area contributed by atoms with Crippen molar-refractivity contribution >= 4 is 5.91 Å². The Morgan fingerprint density at radius 3 is 2.53 bits per heavy atom. The van der Waals surface area contributed by atoms with Gasteiger partial charge in [-0.3, -0.25) is 4.79 Å². The van der Waals surface area contributed by atoms with Gasteiger partial charge in [-0.05, 0) is 6.42 Å². The number of carbonyl (C=O) groups excluding carboxylic acids is 1. The zero-order chi connectivity index (χ0) is 11.7. The topological polar surface area (TPSA) is 64.3 Å². The molecule has 0 unspecified atom stereocenters. The molecule has 4 nitrogen and oxygen atoms in total. The summed E-state index contributed by atoms with van der Waals surface area (Å²) in [6.45, 7) is 1.37. The molecule has 0 aliphatic carbocycles. The molecular formula is C8H15F3N2O2. The Bertz CT molecular complexity index is 185. The maximum atomic E-state index is 11.7. The van der Waals surface area contributed by atoms with Gasteiger partial charge in [0.25, 0.3) is 0 Å². The Balaban J connectivity index is 3.32. The molecule has 0 aromatic heterocycles. The fraction of sp³-hybridized carbons (Fsp3) is 0.875. The molecule has 0 aliphatic heterocycles. The van der Waals surface area contributed by atoms with Gasteiger partial charge in [0.2, 0.25) is 5.91 Å². The number of nitrogens with two attached hydrogens (primary N) is 1. The highest BCUT2D eigenvalue weighted by Crippen LogP contribution is 2.18. The van der Waals surface area contributed by atoms with Crippen molar-refractivity contribution in [2.45, 2.75) is 19.0 Å². The molecule has 7 heteroatoms. The Morgan fingerprint density at radius 1 is 1.33 bits per heavy atom. The fourth-order valence-corrected chi connectivity index (χ4v) is 0.832. The van der Waals surface area contributed by atoms with Gasteiger partial charge in [-0.2, -0.15) is 13.2 Å². The second kappa shape index (κ2) is 7.47. The van der Waals surface area contributed by atoms with Crippen LogP contribution in [0.4, 0.5) is 13.2 Å². The summed E-state index contributed by atoms with van der Waals surface area (Å²) in [4.78, 5) is 10.7. The molecule has 1 amide bonds.